The summed E-state index contributed by atoms with van der Waals surface area (Å²) < 4.78 is 11.0. The van der Waals surface area contributed by atoms with Gasteiger partial charge in [-0.05, 0) is 58.8 Å². The van der Waals surface area contributed by atoms with Gasteiger partial charge in [0.25, 0.3) is 0 Å². The Labute approximate surface area is 133 Å². The highest BCUT2D eigenvalue weighted by molar-refractivity contribution is 5.87. The third-order valence-corrected chi connectivity index (χ3v) is 4.84. The number of hydrogen-bond donors (Lipinski definition) is 0. The van der Waals surface area contributed by atoms with Crippen LogP contribution in [-0.2, 0) is 19.1 Å². The van der Waals surface area contributed by atoms with E-state index in [9.17, 15) is 9.59 Å². The summed E-state index contributed by atoms with van der Waals surface area (Å²) >= 11 is 0. The summed E-state index contributed by atoms with van der Waals surface area (Å²) in [6, 6.07) is 0. The van der Waals surface area contributed by atoms with E-state index in [-0.39, 0.29) is 11.4 Å². The van der Waals surface area contributed by atoms with Gasteiger partial charge >= 0.3 is 11.9 Å². The number of rotatable bonds is 3. The first-order valence-electron chi connectivity index (χ1n) is 8.09. The van der Waals surface area contributed by atoms with Gasteiger partial charge in [0.05, 0.1) is 5.41 Å². The summed E-state index contributed by atoms with van der Waals surface area (Å²) in [5, 5.41) is 0. The molecule has 22 heavy (non-hydrogen) atoms. The zero-order valence-electron chi connectivity index (χ0n) is 14.6. The Kier molecular flexibility index (Phi) is 4.18. The summed E-state index contributed by atoms with van der Waals surface area (Å²) in [6.45, 7) is 11.9. The van der Waals surface area contributed by atoms with Gasteiger partial charge in [-0.3, -0.25) is 4.79 Å². The second-order valence-electron chi connectivity index (χ2n) is 8.22. The zero-order chi connectivity index (χ0) is 16.8. The van der Waals surface area contributed by atoms with E-state index in [0.717, 1.165) is 24.8 Å². The van der Waals surface area contributed by atoms with E-state index < -0.39 is 23.1 Å². The largest absolute Gasteiger partial charge is 0.457 e. The molecule has 4 heteroatoms. The van der Waals surface area contributed by atoms with E-state index in [2.05, 4.69) is 13.8 Å². The van der Waals surface area contributed by atoms with Crippen molar-refractivity contribution >= 4 is 11.9 Å². The van der Waals surface area contributed by atoms with Crippen molar-refractivity contribution in [3.8, 4) is 0 Å². The summed E-state index contributed by atoms with van der Waals surface area (Å²) in [4.78, 5) is 24.9. The highest BCUT2D eigenvalue weighted by atomic mass is 16.6. The predicted molar refractivity (Wildman–Crippen MR) is 84.2 cm³/mol. The Morgan fingerprint density at radius 1 is 1.27 bits per heavy atom. The summed E-state index contributed by atoms with van der Waals surface area (Å²) in [5.41, 5.74) is -0.0927. The van der Waals surface area contributed by atoms with Crippen molar-refractivity contribution in [2.24, 2.45) is 10.8 Å². The van der Waals surface area contributed by atoms with Crippen LogP contribution in [0.3, 0.4) is 0 Å². The molecule has 1 aliphatic heterocycles. The van der Waals surface area contributed by atoms with Gasteiger partial charge in [0, 0.05) is 0 Å². The average Bonchev–Trinajstić information content (AvgIpc) is 2.91. The number of hydrogen-bond acceptors (Lipinski definition) is 4. The van der Waals surface area contributed by atoms with Gasteiger partial charge < -0.3 is 9.47 Å². The first-order valence-corrected chi connectivity index (χ1v) is 8.09. The Balaban J connectivity index is 2.12. The third kappa shape index (κ3) is 3.21. The maximum Gasteiger partial charge on any atom is 0.347 e. The van der Waals surface area contributed by atoms with Gasteiger partial charge in [-0.1, -0.05) is 25.5 Å². The van der Waals surface area contributed by atoms with Crippen LogP contribution in [0, 0.1) is 10.8 Å². The zero-order valence-corrected chi connectivity index (χ0v) is 14.6. The van der Waals surface area contributed by atoms with Crippen molar-refractivity contribution in [1.82, 2.24) is 0 Å². The number of cyclic esters (lactones) is 1. The second kappa shape index (κ2) is 5.39. The lowest BCUT2D eigenvalue weighted by Crippen LogP contribution is -2.35. The summed E-state index contributed by atoms with van der Waals surface area (Å²) in [7, 11) is 0. The van der Waals surface area contributed by atoms with Crippen molar-refractivity contribution < 1.29 is 19.1 Å². The Hall–Kier alpha value is -1.32. The standard InChI is InChI=1S/C18H28O4/c1-12(2)10-18(11-16(18,3)4)15(20)21-13-8-7-9-17(5,6)22-14(13)19/h10,13H,7-9,11H2,1-6H3. The molecule has 0 radical (unpaired) electrons. The highest BCUT2D eigenvalue weighted by Crippen LogP contribution is 2.65. The molecule has 1 aliphatic carbocycles. The van der Waals surface area contributed by atoms with Crippen LogP contribution in [0.5, 0.6) is 0 Å². The number of ether oxygens (including phenoxy) is 2. The van der Waals surface area contributed by atoms with Crippen LogP contribution in [0.2, 0.25) is 0 Å². The monoisotopic (exact) mass is 308 g/mol. The van der Waals surface area contributed by atoms with Crippen molar-refractivity contribution in [3.05, 3.63) is 11.6 Å². The van der Waals surface area contributed by atoms with Crippen molar-refractivity contribution in [3.63, 3.8) is 0 Å². The molecule has 0 bridgehead atoms. The Morgan fingerprint density at radius 3 is 2.36 bits per heavy atom. The van der Waals surface area contributed by atoms with E-state index >= 15 is 0 Å². The lowest BCUT2D eigenvalue weighted by Gasteiger charge is -2.24. The molecule has 2 aliphatic rings. The first kappa shape index (κ1) is 17.0. The lowest BCUT2D eigenvalue weighted by atomic mass is 9.93. The van der Waals surface area contributed by atoms with Crippen LogP contribution >= 0.6 is 0 Å². The smallest absolute Gasteiger partial charge is 0.347 e. The average molecular weight is 308 g/mol. The number of carbonyl (C=O) groups is 2. The molecule has 0 N–H and O–H groups in total. The van der Waals surface area contributed by atoms with Crippen molar-refractivity contribution in [2.45, 2.75) is 78.9 Å². The molecule has 0 amide bonds. The quantitative estimate of drug-likeness (QED) is 0.588. The van der Waals surface area contributed by atoms with E-state index in [1.807, 2.05) is 33.8 Å². The molecule has 0 spiro atoms. The molecule has 0 aromatic carbocycles. The second-order valence-corrected chi connectivity index (χ2v) is 8.22. The van der Waals surface area contributed by atoms with Gasteiger partial charge in [-0.2, -0.15) is 0 Å². The molecule has 0 aromatic rings. The molecule has 1 heterocycles. The Morgan fingerprint density at radius 2 is 1.86 bits per heavy atom. The van der Waals surface area contributed by atoms with Crippen LogP contribution in [-0.4, -0.2) is 23.6 Å². The maximum absolute atomic E-state index is 12.7. The normalized spacial score (nSPS) is 32.5. The van der Waals surface area contributed by atoms with Crippen molar-refractivity contribution in [1.29, 1.82) is 0 Å². The fourth-order valence-electron chi connectivity index (χ4n) is 3.36. The number of esters is 2. The third-order valence-electron chi connectivity index (χ3n) is 4.84. The number of carbonyl (C=O) groups excluding carboxylic acids is 2. The van der Waals surface area contributed by atoms with Gasteiger partial charge in [-0.15, -0.1) is 0 Å². The van der Waals surface area contributed by atoms with Gasteiger partial charge in [0.15, 0.2) is 6.10 Å². The van der Waals surface area contributed by atoms with Crippen LogP contribution in [0.4, 0.5) is 0 Å². The first-order chi connectivity index (χ1) is 9.99. The summed E-state index contributed by atoms with van der Waals surface area (Å²) in [6.07, 6.45) is 4.12. The Bertz CT molecular complexity index is 511. The molecule has 1 saturated heterocycles. The van der Waals surface area contributed by atoms with Gasteiger partial charge in [0.1, 0.15) is 5.60 Å². The van der Waals surface area contributed by atoms with E-state index in [1.54, 1.807) is 0 Å². The molecule has 2 fully saturated rings. The van der Waals surface area contributed by atoms with E-state index in [1.165, 1.54) is 0 Å². The SMILES string of the molecule is CC(C)=CC1(C(=O)OC2CCCC(C)(C)OC2=O)CC1(C)C. The van der Waals surface area contributed by atoms with Crippen LogP contribution in [0.1, 0.15) is 67.2 Å². The topological polar surface area (TPSA) is 52.6 Å². The fraction of sp³-hybridized carbons (Fsp3) is 0.778. The predicted octanol–water partition coefficient (Wildman–Crippen LogP) is 3.79. The molecular weight excluding hydrogens is 280 g/mol. The molecule has 0 aromatic heterocycles. The molecule has 1 saturated carbocycles. The minimum atomic E-state index is -0.770. The highest BCUT2D eigenvalue weighted by Gasteiger charge is 2.66. The molecule has 2 rings (SSSR count). The minimum absolute atomic E-state index is 0.116. The lowest BCUT2D eigenvalue weighted by molar-refractivity contribution is -0.176. The van der Waals surface area contributed by atoms with Gasteiger partial charge in [-0.25, -0.2) is 4.79 Å². The molecule has 124 valence electrons. The summed E-state index contributed by atoms with van der Waals surface area (Å²) in [5.74, 6) is -0.706. The minimum Gasteiger partial charge on any atom is -0.457 e. The van der Waals surface area contributed by atoms with Gasteiger partial charge in [0.2, 0.25) is 0 Å². The molecular formula is C18H28O4. The van der Waals surface area contributed by atoms with E-state index in [0.29, 0.717) is 6.42 Å². The number of allylic oxidation sites excluding steroid dienone is 1. The fourth-order valence-corrected chi connectivity index (χ4v) is 3.36. The van der Waals surface area contributed by atoms with Crippen LogP contribution in [0.25, 0.3) is 0 Å². The maximum atomic E-state index is 12.7. The molecule has 2 unspecified atom stereocenters. The molecule has 2 atom stereocenters. The van der Waals surface area contributed by atoms with Crippen LogP contribution in [0.15, 0.2) is 11.6 Å². The molecule has 4 nitrogen and oxygen atoms in total. The van der Waals surface area contributed by atoms with E-state index in [4.69, 9.17) is 9.47 Å². The van der Waals surface area contributed by atoms with Crippen LogP contribution < -0.4 is 0 Å². The van der Waals surface area contributed by atoms with Crippen molar-refractivity contribution in [2.75, 3.05) is 0 Å².